The molecule has 0 unspecified atom stereocenters. The van der Waals surface area contributed by atoms with Gasteiger partial charge in [0.2, 0.25) is 0 Å². The molecule has 0 aliphatic rings. The molecule has 0 aliphatic heterocycles. The van der Waals surface area contributed by atoms with Crippen molar-refractivity contribution in [2.45, 2.75) is 51.4 Å². The normalized spacial score (nSPS) is 10.9. The highest BCUT2D eigenvalue weighted by molar-refractivity contribution is 6.99. The van der Waals surface area contributed by atoms with Crippen LogP contribution < -0.4 is 9.47 Å². The quantitative estimate of drug-likeness (QED) is 0.182. The van der Waals surface area contributed by atoms with E-state index in [-0.39, 0.29) is 0 Å². The summed E-state index contributed by atoms with van der Waals surface area (Å²) in [6.07, 6.45) is 16.4. The summed E-state index contributed by atoms with van der Waals surface area (Å²) in [6, 6.07) is 7.73. The summed E-state index contributed by atoms with van der Waals surface area (Å²) in [5, 5.41) is 0. The molecule has 178 valence electrons. The molecular weight excluding hydrogens is 468 g/mol. The molecule has 0 spiro atoms. The number of nitrogens with zero attached hydrogens (tertiary/aromatic N) is 6. The molecule has 0 amide bonds. The summed E-state index contributed by atoms with van der Waals surface area (Å²) < 4.78 is 28.9. The predicted molar refractivity (Wildman–Crippen MR) is 134 cm³/mol. The third-order valence-electron chi connectivity index (χ3n) is 5.30. The van der Waals surface area contributed by atoms with Crippen LogP contribution in [0.3, 0.4) is 0 Å². The Kier molecular flexibility index (Phi) is 9.70. The average Bonchev–Trinajstić information content (AvgIpc) is 3.55. The lowest BCUT2D eigenvalue weighted by molar-refractivity contribution is 0.294. The van der Waals surface area contributed by atoms with E-state index in [0.717, 1.165) is 48.2 Å². The van der Waals surface area contributed by atoms with Crippen molar-refractivity contribution in [1.29, 1.82) is 0 Å². The molecule has 4 heterocycles. The fourth-order valence-electron chi connectivity index (χ4n) is 3.51. The van der Waals surface area contributed by atoms with Crippen molar-refractivity contribution in [3.63, 3.8) is 0 Å². The molecule has 0 atom stereocenters. The van der Waals surface area contributed by atoms with Crippen LogP contribution in [-0.2, 0) is 0 Å². The summed E-state index contributed by atoms with van der Waals surface area (Å²) >= 11 is 2.34. The van der Waals surface area contributed by atoms with Crippen LogP contribution in [0.15, 0.2) is 49.1 Å². The molecular formula is C24H28N6O2S2. The van der Waals surface area contributed by atoms with Gasteiger partial charge < -0.3 is 9.47 Å². The summed E-state index contributed by atoms with van der Waals surface area (Å²) in [6.45, 7) is 1.34. The van der Waals surface area contributed by atoms with Crippen LogP contribution in [0, 0.1) is 0 Å². The predicted octanol–water partition coefficient (Wildman–Crippen LogP) is 6.09. The Balaban J connectivity index is 1.01. The fourth-order valence-corrected chi connectivity index (χ4v) is 4.55. The van der Waals surface area contributed by atoms with Crippen LogP contribution in [0.25, 0.3) is 22.5 Å². The Morgan fingerprint density at radius 3 is 1.41 bits per heavy atom. The van der Waals surface area contributed by atoms with Crippen LogP contribution in [-0.4, -0.2) is 40.7 Å². The lowest BCUT2D eigenvalue weighted by Crippen LogP contribution is -1.99. The number of unbranched alkanes of at least 4 members (excludes halogenated alkanes) is 7. The van der Waals surface area contributed by atoms with Gasteiger partial charge in [0.15, 0.2) is 0 Å². The second-order valence-electron chi connectivity index (χ2n) is 7.84. The van der Waals surface area contributed by atoms with Gasteiger partial charge in [-0.3, -0.25) is 9.97 Å². The van der Waals surface area contributed by atoms with Gasteiger partial charge in [0.25, 0.3) is 11.8 Å². The standard InChI is InChI=1S/C24H28N6O2S2/c1(3-5-7-15-31-23-21(27-33-29-23)19-11-9-13-25-17-19)2-4-6-8-16-32-24-22(28-34-30-24)20-12-10-14-26-18-20/h9-14,17-18H,1-8,15-16H2. The van der Waals surface area contributed by atoms with E-state index >= 15 is 0 Å². The van der Waals surface area contributed by atoms with E-state index in [2.05, 4.69) is 27.5 Å². The third kappa shape index (κ3) is 7.26. The van der Waals surface area contributed by atoms with Gasteiger partial charge in [-0.15, -0.1) is 8.75 Å². The largest absolute Gasteiger partial charge is 0.475 e. The smallest absolute Gasteiger partial charge is 0.254 e. The summed E-state index contributed by atoms with van der Waals surface area (Å²) in [5.41, 5.74) is 3.44. The van der Waals surface area contributed by atoms with E-state index in [4.69, 9.17) is 9.47 Å². The molecule has 0 saturated carbocycles. The van der Waals surface area contributed by atoms with E-state index in [0.29, 0.717) is 25.0 Å². The maximum atomic E-state index is 5.85. The van der Waals surface area contributed by atoms with Gasteiger partial charge in [0, 0.05) is 35.9 Å². The van der Waals surface area contributed by atoms with Gasteiger partial charge >= 0.3 is 0 Å². The molecule has 10 heteroatoms. The number of ether oxygens (including phenoxy) is 2. The van der Waals surface area contributed by atoms with Crippen LogP contribution in [0.4, 0.5) is 0 Å². The highest BCUT2D eigenvalue weighted by Gasteiger charge is 2.12. The molecule has 0 aromatic carbocycles. The lowest BCUT2D eigenvalue weighted by Gasteiger charge is -2.06. The molecule has 0 fully saturated rings. The fraction of sp³-hybridized carbons (Fsp3) is 0.417. The molecule has 4 aromatic rings. The Labute approximate surface area is 208 Å². The van der Waals surface area contributed by atoms with E-state index in [9.17, 15) is 0 Å². The Morgan fingerprint density at radius 1 is 0.559 bits per heavy atom. The lowest BCUT2D eigenvalue weighted by atomic mass is 10.1. The van der Waals surface area contributed by atoms with Crippen LogP contribution in [0.2, 0.25) is 0 Å². The number of pyridine rings is 2. The molecule has 0 saturated heterocycles. The van der Waals surface area contributed by atoms with Gasteiger partial charge in [-0.25, -0.2) is 0 Å². The maximum absolute atomic E-state index is 5.85. The summed E-state index contributed by atoms with van der Waals surface area (Å²) in [4.78, 5) is 8.27. The monoisotopic (exact) mass is 496 g/mol. The first kappa shape index (κ1) is 24.2. The van der Waals surface area contributed by atoms with Gasteiger partial charge in [0.1, 0.15) is 11.4 Å². The minimum atomic E-state index is 0.612. The van der Waals surface area contributed by atoms with Crippen LogP contribution in [0.5, 0.6) is 11.8 Å². The van der Waals surface area contributed by atoms with E-state index in [1.807, 2.05) is 24.3 Å². The zero-order valence-electron chi connectivity index (χ0n) is 19.0. The zero-order chi connectivity index (χ0) is 23.3. The molecule has 0 radical (unpaired) electrons. The van der Waals surface area contributed by atoms with Crippen molar-refractivity contribution in [3.8, 4) is 34.3 Å². The minimum absolute atomic E-state index is 0.612. The van der Waals surface area contributed by atoms with Crippen molar-refractivity contribution in [2.75, 3.05) is 13.2 Å². The van der Waals surface area contributed by atoms with Crippen molar-refractivity contribution >= 4 is 23.5 Å². The topological polar surface area (TPSA) is 95.8 Å². The number of hydrogen-bond donors (Lipinski definition) is 0. The van der Waals surface area contributed by atoms with E-state index in [1.165, 1.54) is 49.1 Å². The van der Waals surface area contributed by atoms with Gasteiger partial charge in [-0.05, 0) is 37.1 Å². The molecule has 8 nitrogen and oxygen atoms in total. The third-order valence-corrected chi connectivity index (χ3v) is 6.33. The Bertz CT molecular complexity index is 1000. The first-order chi connectivity index (χ1) is 16.9. The minimum Gasteiger partial charge on any atom is -0.475 e. The van der Waals surface area contributed by atoms with Gasteiger partial charge in [-0.1, -0.05) is 38.5 Å². The Morgan fingerprint density at radius 2 is 1.00 bits per heavy atom. The van der Waals surface area contributed by atoms with Crippen molar-refractivity contribution in [1.82, 2.24) is 27.5 Å². The number of hydrogen-bond acceptors (Lipinski definition) is 10. The van der Waals surface area contributed by atoms with Crippen LogP contribution in [0.1, 0.15) is 51.4 Å². The molecule has 0 N–H and O–H groups in total. The first-order valence-electron chi connectivity index (χ1n) is 11.6. The molecule has 4 rings (SSSR count). The Hall–Kier alpha value is -2.98. The van der Waals surface area contributed by atoms with Crippen molar-refractivity contribution < 1.29 is 9.47 Å². The average molecular weight is 497 g/mol. The second-order valence-corrected chi connectivity index (χ2v) is 8.90. The molecule has 4 aromatic heterocycles. The van der Waals surface area contributed by atoms with E-state index < -0.39 is 0 Å². The zero-order valence-corrected chi connectivity index (χ0v) is 20.6. The highest BCUT2D eigenvalue weighted by Crippen LogP contribution is 2.28. The number of rotatable bonds is 15. The second kappa shape index (κ2) is 13.7. The highest BCUT2D eigenvalue weighted by atomic mass is 32.1. The van der Waals surface area contributed by atoms with Gasteiger partial charge in [-0.2, -0.15) is 8.75 Å². The van der Waals surface area contributed by atoms with Crippen molar-refractivity contribution in [3.05, 3.63) is 49.1 Å². The van der Waals surface area contributed by atoms with Crippen LogP contribution >= 0.6 is 23.5 Å². The molecule has 34 heavy (non-hydrogen) atoms. The maximum Gasteiger partial charge on any atom is 0.254 e. The van der Waals surface area contributed by atoms with Gasteiger partial charge in [0.05, 0.1) is 36.7 Å². The van der Waals surface area contributed by atoms with Crippen molar-refractivity contribution in [2.24, 2.45) is 0 Å². The molecule has 0 aliphatic carbocycles. The first-order valence-corrected chi connectivity index (χ1v) is 13.1. The number of aromatic nitrogens is 6. The summed E-state index contributed by atoms with van der Waals surface area (Å²) in [5.74, 6) is 1.22. The summed E-state index contributed by atoms with van der Waals surface area (Å²) in [7, 11) is 0. The molecule has 0 bridgehead atoms. The van der Waals surface area contributed by atoms with E-state index in [1.54, 1.807) is 24.8 Å². The SMILES string of the molecule is c1cncc(-c2nsnc2OCCCCCCCCCCOc2nsnc2-c2cccnc2)c1.